The summed E-state index contributed by atoms with van der Waals surface area (Å²) in [5.41, 5.74) is 8.69. The van der Waals surface area contributed by atoms with Crippen molar-refractivity contribution < 1.29 is 19.0 Å². The van der Waals surface area contributed by atoms with Gasteiger partial charge in [0.1, 0.15) is 22.9 Å². The van der Waals surface area contributed by atoms with Gasteiger partial charge in [-0.25, -0.2) is 9.37 Å². The Labute approximate surface area is 234 Å². The highest BCUT2D eigenvalue weighted by molar-refractivity contribution is 5.96. The number of phenolic OH excluding ortho intramolecular Hbond substituents is 1. The summed E-state index contributed by atoms with van der Waals surface area (Å²) < 4.78 is 20.1. The zero-order valence-corrected chi connectivity index (χ0v) is 23.1. The van der Waals surface area contributed by atoms with Crippen LogP contribution in [0.25, 0.3) is 11.1 Å². The largest absolute Gasteiger partial charge is 0.508 e. The summed E-state index contributed by atoms with van der Waals surface area (Å²) >= 11 is 0. The normalized spacial score (nSPS) is 23.5. The number of rotatable bonds is 7. The van der Waals surface area contributed by atoms with Crippen LogP contribution in [0.1, 0.15) is 55.5 Å². The lowest BCUT2D eigenvalue weighted by atomic mass is 9.91. The number of pyridine rings is 1. The molecular formula is C31H38FN5O3. The lowest BCUT2D eigenvalue weighted by Gasteiger charge is -2.36. The summed E-state index contributed by atoms with van der Waals surface area (Å²) in [6.07, 6.45) is 4.30. The number of benzene rings is 2. The minimum absolute atomic E-state index is 0.0111. The van der Waals surface area contributed by atoms with Crippen LogP contribution in [0.5, 0.6) is 17.4 Å². The maximum absolute atomic E-state index is 14.1. The molecule has 1 aliphatic heterocycles. The SMILES string of the molecule is CC1CN(Cc2cc(-c3cccc(Oc4ncc(F)cc4C(=O)NC4CCC(N)CC4)c3)ccc2O)C[C@H](C)N1. The fraction of sp³-hybridized carbons (Fsp3) is 0.419. The van der Waals surface area contributed by atoms with E-state index in [1.54, 1.807) is 12.1 Å². The first-order valence-corrected chi connectivity index (χ1v) is 14.0. The number of hydrogen-bond acceptors (Lipinski definition) is 7. The van der Waals surface area contributed by atoms with E-state index in [0.717, 1.165) is 67.7 Å². The Bertz CT molecular complexity index is 1330. The van der Waals surface area contributed by atoms with Gasteiger partial charge in [-0.3, -0.25) is 9.69 Å². The van der Waals surface area contributed by atoms with E-state index < -0.39 is 11.7 Å². The lowest BCUT2D eigenvalue weighted by Crippen LogP contribution is -2.53. The van der Waals surface area contributed by atoms with E-state index in [9.17, 15) is 14.3 Å². The quantitative estimate of drug-likeness (QED) is 0.343. The zero-order valence-electron chi connectivity index (χ0n) is 23.1. The number of carbonyl (C=O) groups excluding carboxylic acids is 1. The average Bonchev–Trinajstić information content (AvgIpc) is 2.92. The topological polar surface area (TPSA) is 113 Å². The van der Waals surface area contributed by atoms with Gasteiger partial charge in [-0.05, 0) is 81.0 Å². The first-order chi connectivity index (χ1) is 19.2. The fourth-order valence-electron chi connectivity index (χ4n) is 5.75. The molecule has 1 unspecified atom stereocenters. The maximum Gasteiger partial charge on any atom is 0.257 e. The van der Waals surface area contributed by atoms with Crippen molar-refractivity contribution in [3.05, 3.63) is 71.7 Å². The standard InChI is InChI=1S/C31H38FN5O3/c1-19-16-37(17-20(2)35-19)18-23-12-22(6-11-29(23)38)21-4-3-5-27(13-21)40-31-28(14-24(32)15-34-31)30(39)36-26-9-7-25(33)8-10-26/h3-6,11-15,19-20,25-26,35,38H,7-10,16-18,33H2,1-2H3,(H,36,39)/t19-,20?,25?,26?/m0/s1. The number of nitrogens with two attached hydrogens (primary N) is 1. The molecule has 5 N–H and O–H groups in total. The number of nitrogens with zero attached hydrogens (tertiary/aromatic N) is 2. The van der Waals surface area contributed by atoms with Gasteiger partial charge < -0.3 is 26.2 Å². The number of piperazine rings is 1. The van der Waals surface area contributed by atoms with Crippen LogP contribution in [0.4, 0.5) is 4.39 Å². The van der Waals surface area contributed by atoms with Gasteiger partial charge in [-0.1, -0.05) is 18.2 Å². The van der Waals surface area contributed by atoms with Gasteiger partial charge in [0.15, 0.2) is 0 Å². The average molecular weight is 548 g/mol. The zero-order chi connectivity index (χ0) is 28.2. The van der Waals surface area contributed by atoms with Crippen molar-refractivity contribution in [3.63, 3.8) is 0 Å². The molecule has 2 fully saturated rings. The number of carbonyl (C=O) groups is 1. The molecule has 0 radical (unpaired) electrons. The monoisotopic (exact) mass is 547 g/mol. The van der Waals surface area contributed by atoms with E-state index in [1.807, 2.05) is 30.3 Å². The van der Waals surface area contributed by atoms with Crippen LogP contribution in [0.3, 0.4) is 0 Å². The van der Waals surface area contributed by atoms with E-state index in [4.69, 9.17) is 10.5 Å². The van der Waals surface area contributed by atoms with E-state index >= 15 is 0 Å². The summed E-state index contributed by atoms with van der Waals surface area (Å²) in [5.74, 6) is -0.258. The Kier molecular flexibility index (Phi) is 8.63. The molecule has 2 atom stereocenters. The number of aromatic nitrogens is 1. The Balaban J connectivity index is 1.33. The Morgan fingerprint density at radius 2 is 1.82 bits per heavy atom. The second kappa shape index (κ2) is 12.3. The smallest absolute Gasteiger partial charge is 0.257 e. The molecule has 212 valence electrons. The number of hydrogen-bond donors (Lipinski definition) is 4. The molecule has 3 aromatic rings. The van der Waals surface area contributed by atoms with Crippen LogP contribution in [0.15, 0.2) is 54.7 Å². The van der Waals surface area contributed by atoms with Crippen molar-refractivity contribution in [2.75, 3.05) is 13.1 Å². The number of aromatic hydroxyl groups is 1. The van der Waals surface area contributed by atoms with Crippen molar-refractivity contribution in [2.45, 2.75) is 70.2 Å². The molecule has 40 heavy (non-hydrogen) atoms. The Morgan fingerprint density at radius 3 is 2.58 bits per heavy atom. The number of halogens is 1. The number of phenols is 1. The first-order valence-electron chi connectivity index (χ1n) is 14.0. The Hall–Kier alpha value is -3.53. The summed E-state index contributed by atoms with van der Waals surface area (Å²) in [6.45, 7) is 6.80. The predicted octanol–water partition coefficient (Wildman–Crippen LogP) is 4.57. The number of nitrogens with one attached hydrogen (secondary N) is 2. The minimum Gasteiger partial charge on any atom is -0.508 e. The molecule has 2 heterocycles. The summed E-state index contributed by atoms with van der Waals surface area (Å²) in [6, 6.07) is 15.1. The van der Waals surface area contributed by atoms with Gasteiger partial charge in [-0.15, -0.1) is 0 Å². The molecule has 1 aromatic heterocycles. The van der Waals surface area contributed by atoms with E-state index in [0.29, 0.717) is 24.4 Å². The molecule has 1 amide bonds. The van der Waals surface area contributed by atoms with Crippen molar-refractivity contribution in [1.29, 1.82) is 0 Å². The van der Waals surface area contributed by atoms with Crippen molar-refractivity contribution in [2.24, 2.45) is 5.73 Å². The van der Waals surface area contributed by atoms with Gasteiger partial charge >= 0.3 is 0 Å². The van der Waals surface area contributed by atoms with Crippen LogP contribution in [-0.4, -0.2) is 58.2 Å². The van der Waals surface area contributed by atoms with Gasteiger partial charge in [0.05, 0.1) is 6.20 Å². The minimum atomic E-state index is -0.609. The molecule has 5 rings (SSSR count). The van der Waals surface area contributed by atoms with Gasteiger partial charge in [0.2, 0.25) is 5.88 Å². The van der Waals surface area contributed by atoms with Gasteiger partial charge in [0, 0.05) is 49.4 Å². The molecule has 9 heteroatoms. The van der Waals surface area contributed by atoms with E-state index in [-0.39, 0.29) is 29.3 Å². The third-order valence-electron chi connectivity index (χ3n) is 7.66. The third-order valence-corrected chi connectivity index (χ3v) is 7.66. The number of ether oxygens (including phenoxy) is 1. The van der Waals surface area contributed by atoms with Crippen molar-refractivity contribution in [3.8, 4) is 28.5 Å². The van der Waals surface area contributed by atoms with Crippen molar-refractivity contribution in [1.82, 2.24) is 20.5 Å². The molecule has 1 aliphatic carbocycles. The third kappa shape index (κ3) is 6.96. The van der Waals surface area contributed by atoms with Crippen LogP contribution in [-0.2, 0) is 6.54 Å². The fourth-order valence-corrected chi connectivity index (χ4v) is 5.75. The summed E-state index contributed by atoms with van der Waals surface area (Å²) in [5, 5.41) is 17.1. The van der Waals surface area contributed by atoms with Crippen molar-refractivity contribution >= 4 is 5.91 Å². The van der Waals surface area contributed by atoms with Crippen LogP contribution < -0.4 is 21.1 Å². The molecule has 0 spiro atoms. The molecule has 8 nitrogen and oxygen atoms in total. The second-order valence-corrected chi connectivity index (χ2v) is 11.2. The highest BCUT2D eigenvalue weighted by Gasteiger charge is 2.24. The second-order valence-electron chi connectivity index (χ2n) is 11.2. The summed E-state index contributed by atoms with van der Waals surface area (Å²) in [4.78, 5) is 19.5. The van der Waals surface area contributed by atoms with Crippen LogP contribution >= 0.6 is 0 Å². The molecular weight excluding hydrogens is 509 g/mol. The molecule has 2 aromatic carbocycles. The van der Waals surface area contributed by atoms with E-state index in [1.165, 1.54) is 0 Å². The lowest BCUT2D eigenvalue weighted by molar-refractivity contribution is 0.0922. The molecule has 1 saturated heterocycles. The maximum atomic E-state index is 14.1. The molecule has 1 saturated carbocycles. The van der Waals surface area contributed by atoms with Gasteiger partial charge in [-0.2, -0.15) is 0 Å². The predicted molar refractivity (Wildman–Crippen MR) is 153 cm³/mol. The first kappa shape index (κ1) is 28.0. The summed E-state index contributed by atoms with van der Waals surface area (Å²) in [7, 11) is 0. The highest BCUT2D eigenvalue weighted by Crippen LogP contribution is 2.32. The molecule has 0 bridgehead atoms. The van der Waals surface area contributed by atoms with Crippen LogP contribution in [0, 0.1) is 5.82 Å². The van der Waals surface area contributed by atoms with E-state index in [2.05, 4.69) is 34.4 Å². The highest BCUT2D eigenvalue weighted by atomic mass is 19.1. The number of amides is 1. The molecule has 2 aliphatic rings. The van der Waals surface area contributed by atoms with Crippen LogP contribution in [0.2, 0.25) is 0 Å². The Morgan fingerprint density at radius 1 is 1.10 bits per heavy atom. The van der Waals surface area contributed by atoms with Gasteiger partial charge in [0.25, 0.3) is 5.91 Å².